The highest BCUT2D eigenvalue weighted by Crippen LogP contribution is 2.29. The number of carbonyl (C=O) groups excluding carboxylic acids is 1. The molecule has 1 N–H and O–H groups in total. The van der Waals surface area contributed by atoms with Gasteiger partial charge in [-0.2, -0.15) is 0 Å². The van der Waals surface area contributed by atoms with Crippen LogP contribution in [0.25, 0.3) is 0 Å². The van der Waals surface area contributed by atoms with Crippen LogP contribution in [-0.2, 0) is 11.3 Å². The predicted octanol–water partition coefficient (Wildman–Crippen LogP) is 2.61. The zero-order chi connectivity index (χ0) is 15.4. The molecule has 1 aromatic carbocycles. The molecule has 0 unspecified atom stereocenters. The van der Waals surface area contributed by atoms with Crippen LogP contribution in [0.2, 0.25) is 0 Å². The van der Waals surface area contributed by atoms with Crippen molar-refractivity contribution in [3.8, 4) is 0 Å². The van der Waals surface area contributed by atoms with Crippen LogP contribution >= 0.6 is 0 Å². The lowest BCUT2D eigenvalue weighted by molar-refractivity contribution is -0.125. The second kappa shape index (κ2) is 6.60. The molecular formula is C18H21N3O. The van der Waals surface area contributed by atoms with E-state index in [9.17, 15) is 4.79 Å². The Hall–Kier alpha value is -2.36. The molecule has 1 fully saturated rings. The fraction of sp³-hybridized carbons (Fsp3) is 0.333. The van der Waals surface area contributed by atoms with E-state index in [0.29, 0.717) is 6.54 Å². The molecule has 2 atom stereocenters. The first-order valence-corrected chi connectivity index (χ1v) is 7.74. The van der Waals surface area contributed by atoms with Crippen LogP contribution in [0.1, 0.15) is 18.9 Å². The molecule has 0 saturated carbocycles. The fourth-order valence-corrected chi connectivity index (χ4v) is 3.10. The highest BCUT2D eigenvalue weighted by atomic mass is 16.1. The first-order chi connectivity index (χ1) is 10.8. The number of hydrogen-bond donors (Lipinski definition) is 1. The smallest absolute Gasteiger partial charge is 0.225 e. The van der Waals surface area contributed by atoms with Gasteiger partial charge in [-0.3, -0.25) is 9.78 Å². The summed E-state index contributed by atoms with van der Waals surface area (Å²) in [5, 5.41) is 3.04. The van der Waals surface area contributed by atoms with Gasteiger partial charge in [0.2, 0.25) is 5.91 Å². The summed E-state index contributed by atoms with van der Waals surface area (Å²) >= 11 is 0. The van der Waals surface area contributed by atoms with Gasteiger partial charge in [-0.1, -0.05) is 24.3 Å². The zero-order valence-electron chi connectivity index (χ0n) is 12.8. The minimum absolute atomic E-state index is 0.0388. The van der Waals surface area contributed by atoms with E-state index in [4.69, 9.17) is 0 Å². The first kappa shape index (κ1) is 14.6. The normalized spacial score (nSPS) is 20.9. The molecule has 0 aliphatic carbocycles. The Bertz CT molecular complexity index is 615. The summed E-state index contributed by atoms with van der Waals surface area (Å²) in [7, 11) is 0. The van der Waals surface area contributed by atoms with E-state index < -0.39 is 0 Å². The van der Waals surface area contributed by atoms with Gasteiger partial charge in [0.1, 0.15) is 0 Å². The molecule has 1 aromatic heterocycles. The summed E-state index contributed by atoms with van der Waals surface area (Å²) in [4.78, 5) is 18.8. The number of nitrogens with zero attached hydrogens (tertiary/aromatic N) is 2. The number of hydrogen-bond acceptors (Lipinski definition) is 3. The number of nitrogens with one attached hydrogen (secondary N) is 1. The van der Waals surface area contributed by atoms with Crippen LogP contribution in [0.5, 0.6) is 0 Å². The maximum atomic E-state index is 12.4. The molecule has 22 heavy (non-hydrogen) atoms. The number of para-hydroxylation sites is 1. The Balaban J connectivity index is 1.60. The highest BCUT2D eigenvalue weighted by molar-refractivity contribution is 5.80. The summed E-state index contributed by atoms with van der Waals surface area (Å²) in [5.74, 6) is 0.173. The molecule has 2 heterocycles. The SMILES string of the molecule is C[C@@H]1[C@H](C(=O)NCc2cccnc2)CCN1c1ccccc1. The Labute approximate surface area is 131 Å². The average Bonchev–Trinajstić information content (AvgIpc) is 2.96. The van der Waals surface area contributed by atoms with Gasteiger partial charge in [-0.15, -0.1) is 0 Å². The van der Waals surface area contributed by atoms with E-state index in [1.807, 2.05) is 30.3 Å². The van der Waals surface area contributed by atoms with Gasteiger partial charge in [0.25, 0.3) is 0 Å². The third kappa shape index (κ3) is 3.11. The minimum atomic E-state index is 0.0388. The van der Waals surface area contributed by atoms with Crippen LogP contribution in [0.15, 0.2) is 54.9 Å². The number of amides is 1. The molecule has 1 aliphatic rings. The van der Waals surface area contributed by atoms with Gasteiger partial charge < -0.3 is 10.2 Å². The second-order valence-electron chi connectivity index (χ2n) is 5.74. The molecule has 1 amide bonds. The third-order valence-corrected chi connectivity index (χ3v) is 4.37. The number of aromatic nitrogens is 1. The maximum Gasteiger partial charge on any atom is 0.225 e. The lowest BCUT2D eigenvalue weighted by Gasteiger charge is -2.26. The van der Waals surface area contributed by atoms with E-state index in [1.165, 1.54) is 5.69 Å². The van der Waals surface area contributed by atoms with Crippen molar-refractivity contribution in [3.63, 3.8) is 0 Å². The van der Waals surface area contributed by atoms with E-state index in [0.717, 1.165) is 18.5 Å². The van der Waals surface area contributed by atoms with Crippen molar-refractivity contribution >= 4 is 11.6 Å². The predicted molar refractivity (Wildman–Crippen MR) is 87.4 cm³/mol. The molecule has 114 valence electrons. The van der Waals surface area contributed by atoms with Crippen LogP contribution in [0.3, 0.4) is 0 Å². The van der Waals surface area contributed by atoms with E-state index in [1.54, 1.807) is 12.4 Å². The number of benzene rings is 1. The molecule has 2 aromatic rings. The second-order valence-corrected chi connectivity index (χ2v) is 5.74. The summed E-state index contributed by atoms with van der Waals surface area (Å²) in [6.07, 6.45) is 4.42. The number of rotatable bonds is 4. The molecule has 4 nitrogen and oxygen atoms in total. The Morgan fingerprint density at radius 3 is 2.82 bits per heavy atom. The van der Waals surface area contributed by atoms with Crippen LogP contribution in [0.4, 0.5) is 5.69 Å². The molecule has 0 spiro atoms. The molecule has 1 aliphatic heterocycles. The quantitative estimate of drug-likeness (QED) is 0.943. The molecule has 4 heteroatoms. The Morgan fingerprint density at radius 1 is 1.27 bits per heavy atom. The Morgan fingerprint density at radius 2 is 2.09 bits per heavy atom. The van der Waals surface area contributed by atoms with E-state index >= 15 is 0 Å². The third-order valence-electron chi connectivity index (χ3n) is 4.37. The van der Waals surface area contributed by atoms with E-state index in [2.05, 4.69) is 34.3 Å². The lowest BCUT2D eigenvalue weighted by Crippen LogP contribution is -2.38. The van der Waals surface area contributed by atoms with Gasteiger partial charge >= 0.3 is 0 Å². The number of carbonyl (C=O) groups is 1. The molecule has 0 bridgehead atoms. The van der Waals surface area contributed by atoms with Crippen molar-refractivity contribution in [2.24, 2.45) is 5.92 Å². The average molecular weight is 295 g/mol. The van der Waals surface area contributed by atoms with Crippen molar-refractivity contribution in [2.45, 2.75) is 25.9 Å². The highest BCUT2D eigenvalue weighted by Gasteiger charge is 2.35. The summed E-state index contributed by atoms with van der Waals surface area (Å²) < 4.78 is 0. The Kier molecular flexibility index (Phi) is 4.37. The van der Waals surface area contributed by atoms with Crippen LogP contribution < -0.4 is 10.2 Å². The van der Waals surface area contributed by atoms with Gasteiger partial charge in [0, 0.05) is 37.2 Å². The fourth-order valence-electron chi connectivity index (χ4n) is 3.10. The van der Waals surface area contributed by atoms with Gasteiger partial charge in [-0.05, 0) is 37.1 Å². The van der Waals surface area contributed by atoms with Crippen molar-refractivity contribution in [2.75, 3.05) is 11.4 Å². The zero-order valence-corrected chi connectivity index (χ0v) is 12.8. The number of anilines is 1. The summed E-state index contributed by atoms with van der Waals surface area (Å²) in [5.41, 5.74) is 2.22. The largest absolute Gasteiger partial charge is 0.368 e. The first-order valence-electron chi connectivity index (χ1n) is 7.74. The minimum Gasteiger partial charge on any atom is -0.368 e. The number of pyridine rings is 1. The lowest BCUT2D eigenvalue weighted by atomic mass is 10.0. The molecule has 1 saturated heterocycles. The van der Waals surface area contributed by atoms with Crippen molar-refractivity contribution in [1.29, 1.82) is 0 Å². The monoisotopic (exact) mass is 295 g/mol. The van der Waals surface area contributed by atoms with Crippen LogP contribution in [-0.4, -0.2) is 23.5 Å². The van der Waals surface area contributed by atoms with Gasteiger partial charge in [0.15, 0.2) is 0 Å². The maximum absolute atomic E-state index is 12.4. The summed E-state index contributed by atoms with van der Waals surface area (Å²) in [6.45, 7) is 3.60. The van der Waals surface area contributed by atoms with Gasteiger partial charge in [-0.25, -0.2) is 0 Å². The topological polar surface area (TPSA) is 45.2 Å². The van der Waals surface area contributed by atoms with Crippen molar-refractivity contribution in [3.05, 3.63) is 60.4 Å². The van der Waals surface area contributed by atoms with Crippen molar-refractivity contribution in [1.82, 2.24) is 10.3 Å². The van der Waals surface area contributed by atoms with Gasteiger partial charge in [0.05, 0.1) is 5.92 Å². The summed E-state index contributed by atoms with van der Waals surface area (Å²) in [6, 6.07) is 14.4. The molecule has 0 radical (unpaired) electrons. The molecule has 3 rings (SSSR count). The molecular weight excluding hydrogens is 274 g/mol. The van der Waals surface area contributed by atoms with Crippen LogP contribution in [0, 0.1) is 5.92 Å². The van der Waals surface area contributed by atoms with Crippen molar-refractivity contribution < 1.29 is 4.79 Å². The van der Waals surface area contributed by atoms with E-state index in [-0.39, 0.29) is 17.9 Å². The standard InChI is InChI=1S/C18H21N3O/c1-14-17(9-11-21(14)16-7-3-2-4-8-16)18(22)20-13-15-6-5-10-19-12-15/h2-8,10,12,14,17H,9,11,13H2,1H3,(H,20,22)/t14-,17-/m1/s1.